The third-order valence-electron chi connectivity index (χ3n) is 11.9. The molecule has 12 nitrogen and oxygen atoms in total. The van der Waals surface area contributed by atoms with Crippen LogP contribution in [-0.4, -0.2) is 91.1 Å². The summed E-state index contributed by atoms with van der Waals surface area (Å²) in [7, 11) is 3.56. The van der Waals surface area contributed by atoms with Crippen molar-refractivity contribution in [3.8, 4) is 29.1 Å². The molecule has 2 saturated heterocycles. The first-order valence-corrected chi connectivity index (χ1v) is 19.5. The van der Waals surface area contributed by atoms with Gasteiger partial charge in [-0.3, -0.25) is 14.6 Å². The molecule has 7 atom stereocenters. The number of nitriles is 1. The van der Waals surface area contributed by atoms with Crippen LogP contribution in [0.3, 0.4) is 0 Å². The van der Waals surface area contributed by atoms with Crippen molar-refractivity contribution in [1.82, 2.24) is 15.1 Å². The summed E-state index contributed by atoms with van der Waals surface area (Å²) in [5, 5.41) is 25.3. The number of ether oxygens (including phenoxy) is 5. The van der Waals surface area contributed by atoms with Crippen LogP contribution >= 0.6 is 11.8 Å². The van der Waals surface area contributed by atoms with Crippen LogP contribution in [0, 0.1) is 76.2 Å². The first-order valence-electron chi connectivity index (χ1n) is 18.5. The van der Waals surface area contributed by atoms with E-state index in [0.29, 0.717) is 45.9 Å². The topological polar surface area (TPSA) is 143 Å². The third kappa shape index (κ3) is 7.15. The van der Waals surface area contributed by atoms with Gasteiger partial charge < -0.3 is 34.1 Å². The van der Waals surface area contributed by atoms with Crippen molar-refractivity contribution in [2.45, 2.75) is 74.9 Å². The van der Waals surface area contributed by atoms with E-state index in [4.69, 9.17) is 23.7 Å². The standard InChI is InChI=1S/C41H41F3N4O8S.Ac/c1-19-12-23-13-26-27(14-45)48-28-15-53-40(51)25(46-29(49)11-8-22-6-9-24(10-7-22)41(42,43)44)16-57-39(32-31(28)38-37(55-18-56-38)21(3)35(32)50)34(48)33(47(26)4)30(23)36(20(19)2)54-17-52-5;/h6-12,25-28,33-34,39,50H,13,15-18H2,1-5H3,(H,46,49);/b11-8+;/t25-,26+,27-,28+,33+,34?,39+;/m0./s1. The molecule has 0 spiro atoms. The fourth-order valence-corrected chi connectivity index (χ4v) is 10.6. The first-order chi connectivity index (χ1) is 27.2. The summed E-state index contributed by atoms with van der Waals surface area (Å²) in [6.07, 6.45) is -1.44. The number of hydrogen-bond donors (Lipinski definition) is 2. The van der Waals surface area contributed by atoms with Crippen molar-refractivity contribution in [2.75, 3.05) is 40.1 Å². The Hall–Kier alpha value is -3.51. The smallest absolute Gasteiger partial charge is 0.416 e. The number of aryl methyl sites for hydroxylation is 1. The number of fused-ring (bicyclic) bond motifs is 10. The van der Waals surface area contributed by atoms with E-state index in [0.717, 1.165) is 40.5 Å². The predicted octanol–water partition coefficient (Wildman–Crippen LogP) is 5.81. The molecule has 2 N–H and O–H groups in total. The fraction of sp³-hybridized carbons (Fsp3) is 0.439. The van der Waals surface area contributed by atoms with Crippen molar-refractivity contribution >= 4 is 29.7 Å². The number of carbonyl (C=O) groups excluding carboxylic acids is 2. The molecule has 58 heavy (non-hydrogen) atoms. The van der Waals surface area contributed by atoms with Crippen LogP contribution in [0.5, 0.6) is 23.0 Å². The van der Waals surface area contributed by atoms with E-state index < -0.39 is 53.0 Å². The maximum Gasteiger partial charge on any atom is 0.416 e. The van der Waals surface area contributed by atoms with E-state index in [1.54, 1.807) is 14.0 Å². The summed E-state index contributed by atoms with van der Waals surface area (Å²) in [5.74, 6) is 0.174. The number of rotatable bonds is 6. The Morgan fingerprint density at radius 1 is 1.10 bits per heavy atom. The molecule has 303 valence electrons. The molecule has 1 amide bonds. The van der Waals surface area contributed by atoms with E-state index in [-0.39, 0.29) is 87.8 Å². The van der Waals surface area contributed by atoms with Gasteiger partial charge in [0.15, 0.2) is 18.3 Å². The number of phenols is 1. The maximum absolute atomic E-state index is 13.8. The van der Waals surface area contributed by atoms with E-state index in [1.807, 2.05) is 20.9 Å². The number of esters is 1. The van der Waals surface area contributed by atoms with Gasteiger partial charge in [-0.25, -0.2) is 4.79 Å². The van der Waals surface area contributed by atoms with Crippen LogP contribution < -0.4 is 19.5 Å². The molecule has 0 aliphatic carbocycles. The second kappa shape index (κ2) is 16.5. The Morgan fingerprint density at radius 3 is 2.52 bits per heavy atom. The van der Waals surface area contributed by atoms with Crippen LogP contribution in [0.25, 0.3) is 6.08 Å². The molecule has 6 heterocycles. The van der Waals surface area contributed by atoms with Crippen LogP contribution in [0.4, 0.5) is 13.2 Å². The van der Waals surface area contributed by atoms with Crippen molar-refractivity contribution in [1.29, 1.82) is 5.26 Å². The molecule has 6 aliphatic heterocycles. The summed E-state index contributed by atoms with van der Waals surface area (Å²) < 4.78 is 68.9. The number of halogens is 3. The van der Waals surface area contributed by atoms with Crippen molar-refractivity contribution < 1.29 is 95.6 Å². The van der Waals surface area contributed by atoms with Gasteiger partial charge in [0.25, 0.3) is 0 Å². The minimum absolute atomic E-state index is 0. The zero-order valence-corrected chi connectivity index (χ0v) is 37.9. The first kappa shape index (κ1) is 42.6. The van der Waals surface area contributed by atoms with Gasteiger partial charge in [-0.1, -0.05) is 18.2 Å². The van der Waals surface area contributed by atoms with Gasteiger partial charge in [-0.05, 0) is 74.7 Å². The summed E-state index contributed by atoms with van der Waals surface area (Å²) in [6.45, 7) is 5.49. The van der Waals surface area contributed by atoms with Gasteiger partial charge in [0.05, 0.1) is 29.0 Å². The number of piperazine rings is 1. The minimum Gasteiger partial charge on any atom is -0.507 e. The number of benzene rings is 3. The van der Waals surface area contributed by atoms with Crippen LogP contribution in [0.2, 0.25) is 0 Å². The number of alkyl halides is 3. The number of aromatic hydroxyl groups is 1. The average Bonchev–Trinajstić information content (AvgIpc) is 3.67. The molecular weight excluding hydrogens is 993 g/mol. The number of nitrogens with one attached hydrogen (secondary N) is 1. The Morgan fingerprint density at radius 2 is 1.83 bits per heavy atom. The number of amides is 1. The average molecular weight is 1030 g/mol. The number of phenolic OH excluding ortho intramolecular Hbond substituents is 1. The minimum atomic E-state index is -4.50. The van der Waals surface area contributed by atoms with Gasteiger partial charge in [-0.15, -0.1) is 11.8 Å². The molecule has 1 radical (unpaired) electrons. The number of methoxy groups -OCH3 is 1. The van der Waals surface area contributed by atoms with E-state index in [2.05, 4.69) is 27.3 Å². The Labute approximate surface area is 373 Å². The van der Waals surface area contributed by atoms with Crippen molar-refractivity contribution in [3.63, 3.8) is 0 Å². The van der Waals surface area contributed by atoms with Gasteiger partial charge in [0, 0.05) is 97.3 Å². The van der Waals surface area contributed by atoms with Crippen molar-refractivity contribution in [3.05, 3.63) is 86.5 Å². The molecule has 2 fully saturated rings. The van der Waals surface area contributed by atoms with E-state index >= 15 is 0 Å². The maximum atomic E-state index is 13.8. The quantitative estimate of drug-likeness (QED) is 0.175. The molecule has 3 aromatic carbocycles. The molecule has 17 heteroatoms. The molecule has 0 aromatic heterocycles. The number of likely N-dealkylation sites (N-methyl/N-ethyl adjacent to an activating group) is 1. The van der Waals surface area contributed by atoms with E-state index in [9.17, 15) is 33.1 Å². The van der Waals surface area contributed by atoms with Crippen LogP contribution in [-0.2, 0) is 31.7 Å². The number of hydrogen-bond acceptors (Lipinski definition) is 12. The van der Waals surface area contributed by atoms with Crippen molar-refractivity contribution in [2.24, 2.45) is 0 Å². The fourth-order valence-electron chi connectivity index (χ4n) is 9.13. The Balaban J connectivity index is 0.00000512. The van der Waals surface area contributed by atoms with Gasteiger partial charge in [0.2, 0.25) is 12.7 Å². The van der Waals surface area contributed by atoms with E-state index in [1.165, 1.54) is 30.0 Å². The SMILES string of the molecule is COCOc1c(C)c(C)cc2c1[C@@H]1C3[C@@H]4SC[C@H](NC(=O)/C=C/c5ccc(C(F)(F)F)cc5)C(=O)OC[C@H](c5c6c(c(C)c(O)c54)OCO6)N3[C@@H](C#N)[C@@H](C2)N1C.[Ac]. The molecular formula is C41H41AcF3N4O8S. The second-order valence-electron chi connectivity index (χ2n) is 14.9. The molecule has 0 saturated carbocycles. The zero-order valence-electron chi connectivity index (χ0n) is 32.4. The normalized spacial score (nSPS) is 26.1. The Kier molecular flexibility index (Phi) is 12.1. The monoisotopic (exact) mass is 1030 g/mol. The number of nitrogens with zero attached hydrogens (tertiary/aromatic N) is 3. The van der Waals surface area contributed by atoms with Gasteiger partial charge in [-0.2, -0.15) is 18.4 Å². The third-order valence-corrected chi connectivity index (χ3v) is 13.3. The zero-order chi connectivity index (χ0) is 40.5. The van der Waals surface area contributed by atoms with Gasteiger partial charge >= 0.3 is 12.1 Å². The summed E-state index contributed by atoms with van der Waals surface area (Å²) >= 11 is 1.35. The summed E-state index contributed by atoms with van der Waals surface area (Å²) in [4.78, 5) is 31.5. The van der Waals surface area contributed by atoms with Crippen LogP contribution in [0.1, 0.15) is 67.4 Å². The molecule has 1 unspecified atom stereocenters. The summed E-state index contributed by atoms with van der Waals surface area (Å²) in [5.41, 5.74) is 5.21. The summed E-state index contributed by atoms with van der Waals surface area (Å²) in [6, 6.07) is 5.39. The molecule has 6 aliphatic rings. The largest absolute Gasteiger partial charge is 0.507 e. The van der Waals surface area contributed by atoms with Gasteiger partial charge in [0.1, 0.15) is 30.2 Å². The number of carbonyl (C=O) groups is 2. The Bertz CT molecular complexity index is 2220. The predicted molar refractivity (Wildman–Crippen MR) is 202 cm³/mol. The molecule has 4 bridgehead atoms. The second-order valence-corrected chi connectivity index (χ2v) is 16.1. The molecule has 9 rings (SSSR count). The van der Waals surface area contributed by atoms with Crippen LogP contribution in [0.15, 0.2) is 36.4 Å². The molecule has 3 aromatic rings. The number of thioether (sulfide) groups is 1.